The summed E-state index contributed by atoms with van der Waals surface area (Å²) in [4.78, 5) is 18.7. The summed E-state index contributed by atoms with van der Waals surface area (Å²) >= 11 is 1.50. The van der Waals surface area contributed by atoms with Gasteiger partial charge in [-0.2, -0.15) is 5.10 Å². The Balaban J connectivity index is 1.38. The first kappa shape index (κ1) is 25.2. The highest BCUT2D eigenvalue weighted by Gasteiger charge is 2.47. The fourth-order valence-electron chi connectivity index (χ4n) is 4.97. The minimum Gasteiger partial charge on any atom is -0.504 e. The number of phenols is 5. The average Bonchev–Trinajstić information content (AvgIpc) is 3.70. The number of anilines is 2. The number of benzene rings is 2. The van der Waals surface area contributed by atoms with Gasteiger partial charge in [0.15, 0.2) is 11.5 Å². The number of aromatic hydroxyl groups is 5. The van der Waals surface area contributed by atoms with E-state index in [4.69, 9.17) is 5.73 Å². The molecule has 0 atom stereocenters. The fourth-order valence-corrected chi connectivity index (χ4v) is 6.09. The molecule has 6 rings (SSSR count). The lowest BCUT2D eigenvalue weighted by Gasteiger charge is -2.28. The minimum absolute atomic E-state index is 0.0246. The van der Waals surface area contributed by atoms with Crippen molar-refractivity contribution in [3.63, 3.8) is 0 Å². The monoisotopic (exact) mass is 563 g/mol. The van der Waals surface area contributed by atoms with E-state index < -0.39 is 46.0 Å². The first-order chi connectivity index (χ1) is 19.0. The van der Waals surface area contributed by atoms with Crippen LogP contribution in [0.4, 0.5) is 11.5 Å². The van der Waals surface area contributed by atoms with Crippen molar-refractivity contribution in [3.8, 4) is 51.0 Å². The van der Waals surface area contributed by atoms with Crippen LogP contribution in [-0.2, 0) is 17.0 Å². The molecule has 0 bridgehead atoms. The van der Waals surface area contributed by atoms with E-state index in [1.165, 1.54) is 11.3 Å². The van der Waals surface area contributed by atoms with Gasteiger partial charge in [-0.15, -0.1) is 11.3 Å². The van der Waals surface area contributed by atoms with Gasteiger partial charge in [-0.1, -0.05) is 6.07 Å². The summed E-state index contributed by atoms with van der Waals surface area (Å²) in [6.45, 7) is 0.0246. The van der Waals surface area contributed by atoms with E-state index in [0.29, 0.717) is 23.5 Å². The maximum Gasteiger partial charge on any atom is 0.292 e. The molecule has 1 aliphatic rings. The number of hydrogen-bond acceptors (Lipinski definition) is 12. The summed E-state index contributed by atoms with van der Waals surface area (Å²) < 4.78 is 0.923. The topological polar surface area (TPSA) is 230 Å². The van der Waals surface area contributed by atoms with Crippen molar-refractivity contribution in [1.29, 1.82) is 0 Å². The number of amides is 1. The second kappa shape index (κ2) is 8.74. The lowest BCUT2D eigenvalue weighted by molar-refractivity contribution is -0.187. The number of fused-ring (bicyclic) bond motifs is 2. The van der Waals surface area contributed by atoms with E-state index in [1.807, 2.05) is 11.4 Å². The Morgan fingerprint density at radius 2 is 1.68 bits per heavy atom. The average molecular weight is 564 g/mol. The van der Waals surface area contributed by atoms with Crippen LogP contribution >= 0.6 is 11.3 Å². The SMILES string of the molecule is Nc1ncc(-c2cn[nH]c2)c2scc(-c3ccc4c(c3)CCN4C(=O)C(O)(O)c3c(O)c(O)c(O)c(O)c3O)c12. The normalized spacial score (nSPS) is 13.2. The molecule has 204 valence electrons. The Morgan fingerprint density at radius 3 is 2.35 bits per heavy atom. The number of aromatic nitrogens is 3. The molecule has 2 aromatic carbocycles. The molecule has 3 aromatic heterocycles. The first-order valence-corrected chi connectivity index (χ1v) is 12.6. The van der Waals surface area contributed by atoms with Crippen LogP contribution in [0.15, 0.2) is 42.2 Å². The van der Waals surface area contributed by atoms with Gasteiger partial charge in [0.2, 0.25) is 17.2 Å². The highest BCUT2D eigenvalue weighted by atomic mass is 32.1. The highest BCUT2D eigenvalue weighted by Crippen LogP contribution is 2.54. The van der Waals surface area contributed by atoms with E-state index in [-0.39, 0.29) is 6.54 Å². The molecule has 0 spiro atoms. The van der Waals surface area contributed by atoms with Crippen molar-refractivity contribution in [1.82, 2.24) is 15.2 Å². The number of H-pyrrole nitrogens is 1. The quantitative estimate of drug-likeness (QED) is 0.0874. The van der Waals surface area contributed by atoms with Crippen LogP contribution in [0.25, 0.3) is 32.3 Å². The Labute approximate surface area is 228 Å². The Kier molecular flexibility index (Phi) is 5.51. The van der Waals surface area contributed by atoms with Gasteiger partial charge in [0, 0.05) is 51.4 Å². The third kappa shape index (κ3) is 3.51. The number of aromatic amines is 1. The summed E-state index contributed by atoms with van der Waals surface area (Å²) in [5.74, 6) is -11.3. The Bertz CT molecular complexity index is 1800. The summed E-state index contributed by atoms with van der Waals surface area (Å²) in [7, 11) is 0. The van der Waals surface area contributed by atoms with Crippen LogP contribution in [0.1, 0.15) is 11.1 Å². The number of rotatable bonds is 4. The molecule has 0 fully saturated rings. The second-order valence-electron chi connectivity index (χ2n) is 9.24. The van der Waals surface area contributed by atoms with Crippen LogP contribution in [0.3, 0.4) is 0 Å². The molecule has 5 aromatic rings. The molecule has 0 saturated heterocycles. The minimum atomic E-state index is -3.58. The number of aliphatic hydroxyl groups is 2. The summed E-state index contributed by atoms with van der Waals surface area (Å²) in [6.07, 6.45) is 5.48. The van der Waals surface area contributed by atoms with Crippen LogP contribution in [0.2, 0.25) is 0 Å². The molecular weight excluding hydrogens is 542 g/mol. The third-order valence-corrected chi connectivity index (χ3v) is 8.00. The lowest BCUT2D eigenvalue weighted by Crippen LogP contribution is -2.46. The van der Waals surface area contributed by atoms with E-state index in [2.05, 4.69) is 15.2 Å². The van der Waals surface area contributed by atoms with E-state index in [9.17, 15) is 40.5 Å². The van der Waals surface area contributed by atoms with Gasteiger partial charge in [-0.3, -0.25) is 9.89 Å². The number of nitrogens with two attached hydrogens (primary N) is 1. The smallest absolute Gasteiger partial charge is 0.292 e. The second-order valence-corrected chi connectivity index (χ2v) is 10.1. The third-order valence-electron chi connectivity index (χ3n) is 6.98. The molecular formula is C26H21N5O8S. The molecule has 0 unspecified atom stereocenters. The van der Waals surface area contributed by atoms with Crippen LogP contribution in [0, 0.1) is 0 Å². The van der Waals surface area contributed by atoms with Crippen LogP contribution in [0.5, 0.6) is 28.7 Å². The molecule has 13 nitrogen and oxygen atoms in total. The predicted octanol–water partition coefficient (Wildman–Crippen LogP) is 2.19. The van der Waals surface area contributed by atoms with Gasteiger partial charge in [-0.25, -0.2) is 4.98 Å². The van der Waals surface area contributed by atoms with Gasteiger partial charge in [-0.05, 0) is 35.1 Å². The molecule has 40 heavy (non-hydrogen) atoms. The number of carbonyl (C=O) groups excluding carboxylic acids is 1. The molecule has 1 amide bonds. The zero-order chi connectivity index (χ0) is 28.5. The van der Waals surface area contributed by atoms with E-state index >= 15 is 0 Å². The zero-order valence-electron chi connectivity index (χ0n) is 20.3. The highest BCUT2D eigenvalue weighted by molar-refractivity contribution is 7.18. The molecule has 1 aliphatic heterocycles. The number of carbonyl (C=O) groups is 1. The standard InChI is InChI=1S/C26H21N5O8S/c27-24-16-14(9-40-23(16)13(8-28-24)12-6-29-30-7-12)10-1-2-15-11(5-10)3-4-31(15)25(37)26(38,39)17-18(32)20(34)22(36)21(35)19(17)33/h1-2,5-9,32-36,38-39H,3-4H2,(H2,27,28)(H,29,30). The van der Waals surface area contributed by atoms with Crippen molar-refractivity contribution < 1.29 is 40.5 Å². The summed E-state index contributed by atoms with van der Waals surface area (Å²) in [6, 6.07) is 5.20. The lowest BCUT2D eigenvalue weighted by atomic mass is 9.99. The number of nitrogens with one attached hydrogen (secondary N) is 1. The molecule has 0 aliphatic carbocycles. The molecule has 10 N–H and O–H groups in total. The summed E-state index contributed by atoms with van der Waals surface area (Å²) in [5.41, 5.74) is 9.37. The Hall–Kier alpha value is -5.05. The van der Waals surface area contributed by atoms with Crippen molar-refractivity contribution >= 4 is 38.8 Å². The number of pyridine rings is 1. The van der Waals surface area contributed by atoms with Gasteiger partial charge in [0.1, 0.15) is 11.4 Å². The van der Waals surface area contributed by atoms with Crippen molar-refractivity contribution in [2.45, 2.75) is 12.2 Å². The van der Waals surface area contributed by atoms with Crippen molar-refractivity contribution in [2.24, 2.45) is 0 Å². The van der Waals surface area contributed by atoms with E-state index in [0.717, 1.165) is 37.2 Å². The van der Waals surface area contributed by atoms with Crippen molar-refractivity contribution in [3.05, 3.63) is 53.3 Å². The molecule has 4 heterocycles. The molecule has 14 heteroatoms. The van der Waals surface area contributed by atoms with Gasteiger partial charge in [0.25, 0.3) is 11.7 Å². The number of nitrogen functional groups attached to an aromatic ring is 1. The maximum absolute atomic E-state index is 13.3. The zero-order valence-corrected chi connectivity index (χ0v) is 21.1. The first-order valence-electron chi connectivity index (χ1n) is 11.8. The summed E-state index contributed by atoms with van der Waals surface area (Å²) in [5, 5.41) is 80.4. The van der Waals surface area contributed by atoms with Crippen LogP contribution in [-0.4, -0.2) is 63.4 Å². The van der Waals surface area contributed by atoms with Crippen LogP contribution < -0.4 is 10.6 Å². The van der Waals surface area contributed by atoms with Gasteiger partial charge < -0.3 is 46.4 Å². The fraction of sp³-hybridized carbons (Fsp3) is 0.115. The Morgan fingerprint density at radius 1 is 0.975 bits per heavy atom. The van der Waals surface area contributed by atoms with E-state index in [1.54, 1.807) is 30.7 Å². The predicted molar refractivity (Wildman–Crippen MR) is 144 cm³/mol. The number of phenolic OH excluding ortho intramolecular Hbond substituents is 5. The van der Waals surface area contributed by atoms with Gasteiger partial charge >= 0.3 is 0 Å². The largest absolute Gasteiger partial charge is 0.504 e. The number of hydrogen-bond donors (Lipinski definition) is 9. The van der Waals surface area contributed by atoms with Gasteiger partial charge in [0.05, 0.1) is 6.20 Å². The van der Waals surface area contributed by atoms with Crippen molar-refractivity contribution in [2.75, 3.05) is 17.2 Å². The molecule has 0 radical (unpaired) electrons. The maximum atomic E-state index is 13.3. The molecule has 0 saturated carbocycles. The number of thiophene rings is 1. The number of nitrogens with zero attached hydrogens (tertiary/aromatic N) is 3.